The lowest BCUT2D eigenvalue weighted by atomic mass is 10.1. The number of anilines is 2. The third-order valence-corrected chi connectivity index (χ3v) is 7.67. The van der Waals surface area contributed by atoms with Crippen LogP contribution in [0.25, 0.3) is 0 Å². The third kappa shape index (κ3) is 4.91. The third-order valence-electron chi connectivity index (χ3n) is 5.75. The van der Waals surface area contributed by atoms with Crippen LogP contribution in [0.4, 0.5) is 17.1 Å². The number of nitrogens with zero attached hydrogens (tertiary/aromatic N) is 2. The number of rotatable bonds is 7. The molecule has 2 unspecified atom stereocenters. The van der Waals surface area contributed by atoms with E-state index in [4.69, 9.17) is 4.74 Å². The Balaban J connectivity index is 1.49. The molecule has 0 bridgehead atoms. The van der Waals surface area contributed by atoms with Gasteiger partial charge in [0.15, 0.2) is 6.10 Å². The molecule has 0 radical (unpaired) electrons. The number of hydrogen-bond acceptors (Lipinski definition) is 7. The van der Waals surface area contributed by atoms with Crippen LogP contribution in [0.2, 0.25) is 0 Å². The number of nitro benzene ring substituents is 1. The molecule has 1 aliphatic rings. The van der Waals surface area contributed by atoms with Crippen LogP contribution in [0.3, 0.4) is 0 Å². The fraction of sp³-hybridized carbons (Fsp3) is 0.200. The van der Waals surface area contributed by atoms with Crippen LogP contribution >= 0.6 is 0 Å². The largest absolute Gasteiger partial charge is 0.449 e. The van der Waals surface area contributed by atoms with Gasteiger partial charge in [-0.1, -0.05) is 30.3 Å². The van der Waals surface area contributed by atoms with Crippen molar-refractivity contribution in [2.24, 2.45) is 0 Å². The van der Waals surface area contributed by atoms with Gasteiger partial charge in [-0.3, -0.25) is 19.2 Å². The first-order valence-electron chi connectivity index (χ1n) is 11.1. The minimum absolute atomic E-state index is 0.0359. The molecule has 1 amide bonds. The van der Waals surface area contributed by atoms with Crippen molar-refractivity contribution in [2.45, 2.75) is 37.3 Å². The summed E-state index contributed by atoms with van der Waals surface area (Å²) in [4.78, 5) is 35.4. The molecule has 2 atom stereocenters. The van der Waals surface area contributed by atoms with E-state index in [9.17, 15) is 28.1 Å². The fourth-order valence-corrected chi connectivity index (χ4v) is 5.76. The molecule has 11 heteroatoms. The summed E-state index contributed by atoms with van der Waals surface area (Å²) in [5.41, 5.74) is 1.46. The van der Waals surface area contributed by atoms with Crippen LogP contribution < -0.4 is 9.62 Å². The topological polar surface area (TPSA) is 136 Å². The number of carbonyl (C=O) groups is 2. The number of para-hydroxylation sites is 1. The number of amides is 1. The smallest absolute Gasteiger partial charge is 0.338 e. The molecule has 0 saturated heterocycles. The summed E-state index contributed by atoms with van der Waals surface area (Å²) in [6.45, 7) is 3.16. The summed E-state index contributed by atoms with van der Waals surface area (Å²) < 4.78 is 33.5. The zero-order valence-electron chi connectivity index (χ0n) is 19.5. The van der Waals surface area contributed by atoms with Gasteiger partial charge in [-0.25, -0.2) is 13.2 Å². The Kier molecular flexibility index (Phi) is 6.75. The number of carbonyl (C=O) groups excluding carboxylic acids is 2. The second-order valence-corrected chi connectivity index (χ2v) is 10.2. The van der Waals surface area contributed by atoms with E-state index >= 15 is 0 Å². The summed E-state index contributed by atoms with van der Waals surface area (Å²) in [5.74, 6) is -1.58. The summed E-state index contributed by atoms with van der Waals surface area (Å²) in [7, 11) is -3.96. The number of ether oxygens (including phenoxy) is 1. The number of esters is 1. The number of benzene rings is 3. The molecular formula is C25H23N3O7S. The van der Waals surface area contributed by atoms with Crippen molar-refractivity contribution in [1.82, 2.24) is 0 Å². The van der Waals surface area contributed by atoms with Gasteiger partial charge in [0.1, 0.15) is 0 Å². The molecule has 1 N–H and O–H groups in total. The maximum absolute atomic E-state index is 13.5. The molecule has 0 aliphatic carbocycles. The SMILES string of the molecule is CC(OC(=O)c1cccc(S(=O)(=O)N2c3ccccc3CC2C)c1)C(=O)Nc1cccc([N+](=O)[O-])c1. The summed E-state index contributed by atoms with van der Waals surface area (Å²) >= 11 is 0. The van der Waals surface area contributed by atoms with Gasteiger partial charge in [0.2, 0.25) is 0 Å². The van der Waals surface area contributed by atoms with E-state index in [1.54, 1.807) is 12.1 Å². The Bertz CT molecular complexity index is 1460. The lowest BCUT2D eigenvalue weighted by Crippen LogP contribution is -2.35. The van der Waals surface area contributed by atoms with E-state index in [-0.39, 0.29) is 27.9 Å². The van der Waals surface area contributed by atoms with Gasteiger partial charge in [-0.15, -0.1) is 0 Å². The standard InChI is InChI=1S/C25H23N3O7S/c1-16-13-18-7-3-4-12-23(18)27(16)36(33,34)22-11-5-8-19(14-22)25(30)35-17(2)24(29)26-20-9-6-10-21(15-20)28(31)32/h3-12,14-17H,13H2,1-2H3,(H,26,29). The van der Waals surface area contributed by atoms with E-state index in [0.29, 0.717) is 12.1 Å². The number of sulfonamides is 1. The first kappa shape index (κ1) is 24.9. The number of nitro groups is 1. The van der Waals surface area contributed by atoms with Crippen molar-refractivity contribution in [3.63, 3.8) is 0 Å². The predicted molar refractivity (Wildman–Crippen MR) is 132 cm³/mol. The van der Waals surface area contributed by atoms with E-state index in [0.717, 1.165) is 5.56 Å². The molecule has 0 spiro atoms. The molecule has 1 heterocycles. The van der Waals surface area contributed by atoms with Crippen LogP contribution in [0.1, 0.15) is 29.8 Å². The second-order valence-electron chi connectivity index (χ2n) is 8.35. The first-order valence-corrected chi connectivity index (χ1v) is 12.5. The molecule has 0 saturated carbocycles. The Morgan fingerprint density at radius 1 is 1.08 bits per heavy atom. The molecule has 1 aliphatic heterocycles. The highest BCUT2D eigenvalue weighted by atomic mass is 32.2. The lowest BCUT2D eigenvalue weighted by Gasteiger charge is -2.24. The van der Waals surface area contributed by atoms with Crippen LogP contribution in [0, 0.1) is 10.1 Å². The van der Waals surface area contributed by atoms with Crippen molar-refractivity contribution in [3.05, 3.63) is 94.0 Å². The number of hydrogen-bond donors (Lipinski definition) is 1. The van der Waals surface area contributed by atoms with E-state index in [1.165, 1.54) is 59.8 Å². The van der Waals surface area contributed by atoms with Gasteiger partial charge in [0, 0.05) is 23.9 Å². The molecule has 3 aromatic rings. The monoisotopic (exact) mass is 509 g/mol. The van der Waals surface area contributed by atoms with Gasteiger partial charge in [-0.2, -0.15) is 0 Å². The van der Waals surface area contributed by atoms with Gasteiger partial charge in [-0.05, 0) is 56.2 Å². The van der Waals surface area contributed by atoms with Crippen molar-refractivity contribution < 1.29 is 27.7 Å². The highest BCUT2D eigenvalue weighted by Gasteiger charge is 2.36. The molecule has 3 aromatic carbocycles. The van der Waals surface area contributed by atoms with Crippen LogP contribution in [0.5, 0.6) is 0 Å². The molecule has 4 rings (SSSR count). The maximum Gasteiger partial charge on any atom is 0.338 e. The number of fused-ring (bicyclic) bond motifs is 1. The van der Waals surface area contributed by atoms with Gasteiger partial charge in [0.25, 0.3) is 21.6 Å². The molecule has 186 valence electrons. The summed E-state index contributed by atoms with van der Waals surface area (Å²) in [5, 5.41) is 13.4. The number of non-ortho nitro benzene ring substituents is 1. The Morgan fingerprint density at radius 3 is 2.56 bits per heavy atom. The average molecular weight is 510 g/mol. The van der Waals surface area contributed by atoms with Crippen molar-refractivity contribution in [1.29, 1.82) is 0 Å². The minimum atomic E-state index is -3.96. The average Bonchev–Trinajstić information content (AvgIpc) is 3.20. The van der Waals surface area contributed by atoms with Crippen LogP contribution in [0.15, 0.2) is 77.7 Å². The zero-order chi connectivity index (χ0) is 26.0. The van der Waals surface area contributed by atoms with Crippen molar-refractivity contribution >= 4 is 39.0 Å². The van der Waals surface area contributed by atoms with Crippen molar-refractivity contribution in [2.75, 3.05) is 9.62 Å². The molecular weight excluding hydrogens is 486 g/mol. The highest BCUT2D eigenvalue weighted by Crippen LogP contribution is 2.36. The van der Waals surface area contributed by atoms with Gasteiger partial charge < -0.3 is 10.1 Å². The fourth-order valence-electron chi connectivity index (χ4n) is 4.02. The summed E-state index contributed by atoms with van der Waals surface area (Å²) in [6.07, 6.45) is -0.670. The Hall–Kier alpha value is -4.25. The van der Waals surface area contributed by atoms with Crippen molar-refractivity contribution in [3.8, 4) is 0 Å². The van der Waals surface area contributed by atoms with Crippen LogP contribution in [-0.4, -0.2) is 37.4 Å². The van der Waals surface area contributed by atoms with E-state index < -0.39 is 32.9 Å². The normalized spacial score (nSPS) is 15.6. The molecule has 0 fully saturated rings. The molecule has 10 nitrogen and oxygen atoms in total. The lowest BCUT2D eigenvalue weighted by molar-refractivity contribution is -0.384. The van der Waals surface area contributed by atoms with Gasteiger partial charge in [0.05, 0.1) is 21.1 Å². The Labute approximate surface area is 207 Å². The quantitative estimate of drug-likeness (QED) is 0.290. The molecule has 0 aromatic heterocycles. The number of nitrogens with one attached hydrogen (secondary N) is 1. The summed E-state index contributed by atoms with van der Waals surface area (Å²) in [6, 6.07) is 17.8. The first-order chi connectivity index (χ1) is 17.1. The second kappa shape index (κ2) is 9.78. The van der Waals surface area contributed by atoms with Gasteiger partial charge >= 0.3 is 5.97 Å². The Morgan fingerprint density at radius 2 is 1.81 bits per heavy atom. The predicted octanol–water partition coefficient (Wildman–Crippen LogP) is 3.92. The highest BCUT2D eigenvalue weighted by molar-refractivity contribution is 7.92. The zero-order valence-corrected chi connectivity index (χ0v) is 20.3. The van der Waals surface area contributed by atoms with E-state index in [2.05, 4.69) is 5.32 Å². The van der Waals surface area contributed by atoms with E-state index in [1.807, 2.05) is 19.1 Å². The molecule has 36 heavy (non-hydrogen) atoms. The van der Waals surface area contributed by atoms with Crippen LogP contribution in [-0.2, 0) is 26.0 Å². The maximum atomic E-state index is 13.5. The minimum Gasteiger partial charge on any atom is -0.449 e.